The molecule has 2 aliphatic heterocycles. The van der Waals surface area contributed by atoms with E-state index in [0.29, 0.717) is 27.8 Å². The van der Waals surface area contributed by atoms with Gasteiger partial charge in [0, 0.05) is 19.7 Å². The van der Waals surface area contributed by atoms with Crippen LogP contribution in [0.5, 0.6) is 0 Å². The number of hydrogen-bond donors (Lipinski definition) is 1. The molecule has 6 nitrogen and oxygen atoms in total. The van der Waals surface area contributed by atoms with Gasteiger partial charge in [-0.3, -0.25) is 19.3 Å². The predicted octanol–water partition coefficient (Wildman–Crippen LogP) is 5.09. The number of hydrogen-bond acceptors (Lipinski definition) is 4. The van der Waals surface area contributed by atoms with Gasteiger partial charge in [-0.25, -0.2) is 0 Å². The molecule has 36 heavy (non-hydrogen) atoms. The van der Waals surface area contributed by atoms with Crippen LogP contribution in [-0.2, 0) is 0 Å². The van der Waals surface area contributed by atoms with Gasteiger partial charge in [-0.2, -0.15) is 0 Å². The van der Waals surface area contributed by atoms with Gasteiger partial charge in [-0.1, -0.05) is 60.7 Å². The fourth-order valence-corrected chi connectivity index (χ4v) is 5.62. The SMILES string of the molecule is Cc1ccc(-c2ccc(-c3ccc(C)c4c3C(=O)N(C)C4O)c3ccccc23)c2c1C(=O)N(C)C2=O. The van der Waals surface area contributed by atoms with E-state index >= 15 is 0 Å². The molecule has 0 aromatic heterocycles. The van der Waals surface area contributed by atoms with Crippen LogP contribution in [0.15, 0.2) is 60.7 Å². The zero-order chi connectivity index (χ0) is 25.5. The van der Waals surface area contributed by atoms with Gasteiger partial charge in [0.25, 0.3) is 17.7 Å². The molecule has 0 spiro atoms. The molecule has 6 rings (SSSR count). The highest BCUT2D eigenvalue weighted by Crippen LogP contribution is 2.44. The lowest BCUT2D eigenvalue weighted by Gasteiger charge is -2.16. The number of nitrogens with zero attached hydrogens (tertiary/aromatic N) is 2. The van der Waals surface area contributed by atoms with Crippen molar-refractivity contribution in [3.63, 3.8) is 0 Å². The fraction of sp³-hybridized carbons (Fsp3) is 0.167. The minimum absolute atomic E-state index is 0.215. The fourth-order valence-electron chi connectivity index (χ4n) is 5.62. The monoisotopic (exact) mass is 476 g/mol. The van der Waals surface area contributed by atoms with E-state index in [-0.39, 0.29) is 17.7 Å². The van der Waals surface area contributed by atoms with Crippen molar-refractivity contribution >= 4 is 28.5 Å². The standard InChI is InChI=1S/C30H24N2O4/c1-15-9-11-21(25-23(15)27(33)31(3)29(25)35)19-13-14-20(18-8-6-5-7-17(18)19)22-12-10-16(2)24-26(22)30(36)32(4)28(24)34/h5-14,27,33H,1-4H3. The van der Waals surface area contributed by atoms with E-state index in [1.54, 1.807) is 7.05 Å². The van der Waals surface area contributed by atoms with Crippen LogP contribution in [0.2, 0.25) is 0 Å². The second-order valence-electron chi connectivity index (χ2n) is 9.56. The Hall–Kier alpha value is -4.29. The molecule has 1 unspecified atom stereocenters. The molecular weight excluding hydrogens is 452 g/mol. The molecule has 0 saturated heterocycles. The van der Waals surface area contributed by atoms with Crippen LogP contribution < -0.4 is 0 Å². The summed E-state index contributed by atoms with van der Waals surface area (Å²) in [6.07, 6.45) is -0.978. The molecular formula is C30H24N2O4. The largest absolute Gasteiger partial charge is 0.369 e. The van der Waals surface area contributed by atoms with Gasteiger partial charge in [0.05, 0.1) is 16.7 Å². The van der Waals surface area contributed by atoms with Gasteiger partial charge >= 0.3 is 0 Å². The zero-order valence-corrected chi connectivity index (χ0v) is 20.4. The summed E-state index contributed by atoms with van der Waals surface area (Å²) in [5, 5.41) is 12.5. The molecule has 1 atom stereocenters. The minimum atomic E-state index is -0.978. The number of imide groups is 1. The first-order valence-electron chi connectivity index (χ1n) is 11.8. The van der Waals surface area contributed by atoms with Crippen molar-refractivity contribution < 1.29 is 19.5 Å². The maximum absolute atomic E-state index is 13.1. The Balaban J connectivity index is 1.63. The Morgan fingerprint density at radius 3 is 1.72 bits per heavy atom. The lowest BCUT2D eigenvalue weighted by molar-refractivity contribution is 0.0299. The molecule has 1 N–H and O–H groups in total. The number of aliphatic hydroxyl groups is 1. The van der Waals surface area contributed by atoms with Crippen molar-refractivity contribution in [3.05, 3.63) is 94.0 Å². The number of carbonyl (C=O) groups is 3. The van der Waals surface area contributed by atoms with Crippen molar-refractivity contribution in [2.24, 2.45) is 0 Å². The highest BCUT2D eigenvalue weighted by molar-refractivity contribution is 6.25. The molecule has 4 aromatic rings. The Labute approximate surface area is 208 Å². The lowest BCUT2D eigenvalue weighted by atomic mass is 9.86. The zero-order valence-electron chi connectivity index (χ0n) is 20.4. The minimum Gasteiger partial charge on any atom is -0.369 e. The average Bonchev–Trinajstić information content (AvgIpc) is 3.25. The number of aliphatic hydroxyl groups excluding tert-OH is 1. The maximum atomic E-state index is 13.1. The first kappa shape index (κ1) is 22.2. The quantitative estimate of drug-likeness (QED) is 0.409. The number of fused-ring (bicyclic) bond motifs is 3. The second-order valence-corrected chi connectivity index (χ2v) is 9.56. The molecule has 2 heterocycles. The average molecular weight is 477 g/mol. The molecule has 0 fully saturated rings. The van der Waals surface area contributed by atoms with Crippen LogP contribution in [0, 0.1) is 13.8 Å². The first-order chi connectivity index (χ1) is 17.2. The molecule has 3 amide bonds. The third kappa shape index (κ3) is 2.79. The van der Waals surface area contributed by atoms with Gasteiger partial charge in [0.2, 0.25) is 0 Å². The molecule has 0 bridgehead atoms. The highest BCUT2D eigenvalue weighted by Gasteiger charge is 2.38. The smallest absolute Gasteiger partial charge is 0.261 e. The predicted molar refractivity (Wildman–Crippen MR) is 138 cm³/mol. The van der Waals surface area contributed by atoms with E-state index in [9.17, 15) is 19.5 Å². The van der Waals surface area contributed by atoms with E-state index in [4.69, 9.17) is 0 Å². The summed E-state index contributed by atoms with van der Waals surface area (Å²) in [4.78, 5) is 41.5. The van der Waals surface area contributed by atoms with Crippen molar-refractivity contribution in [3.8, 4) is 22.3 Å². The number of aryl methyl sites for hydroxylation is 2. The molecule has 0 saturated carbocycles. The molecule has 4 aromatic carbocycles. The summed E-state index contributed by atoms with van der Waals surface area (Å²) in [5.74, 6) is -0.805. The van der Waals surface area contributed by atoms with Crippen LogP contribution in [0.25, 0.3) is 33.0 Å². The van der Waals surface area contributed by atoms with Crippen LogP contribution in [0.3, 0.4) is 0 Å². The summed E-state index contributed by atoms with van der Waals surface area (Å²) in [6.45, 7) is 3.74. The van der Waals surface area contributed by atoms with Crippen molar-refractivity contribution in [2.75, 3.05) is 14.1 Å². The van der Waals surface area contributed by atoms with Gasteiger partial charge in [-0.15, -0.1) is 0 Å². The summed E-state index contributed by atoms with van der Waals surface area (Å²) >= 11 is 0. The van der Waals surface area contributed by atoms with Gasteiger partial charge < -0.3 is 10.0 Å². The summed E-state index contributed by atoms with van der Waals surface area (Å²) in [6, 6.07) is 19.4. The van der Waals surface area contributed by atoms with Crippen LogP contribution >= 0.6 is 0 Å². The third-order valence-electron chi connectivity index (χ3n) is 7.58. The normalized spacial score (nSPS) is 16.8. The van der Waals surface area contributed by atoms with Crippen LogP contribution in [0.1, 0.15) is 54.0 Å². The maximum Gasteiger partial charge on any atom is 0.261 e. The van der Waals surface area contributed by atoms with Gasteiger partial charge in [-0.05, 0) is 58.0 Å². The van der Waals surface area contributed by atoms with Crippen molar-refractivity contribution in [1.29, 1.82) is 0 Å². The summed E-state index contributed by atoms with van der Waals surface area (Å²) in [5.41, 5.74) is 6.84. The Bertz CT molecular complexity index is 1670. The van der Waals surface area contributed by atoms with E-state index in [1.807, 2.05) is 74.5 Å². The van der Waals surface area contributed by atoms with E-state index in [0.717, 1.165) is 38.6 Å². The Morgan fingerprint density at radius 2 is 1.11 bits per heavy atom. The van der Waals surface area contributed by atoms with Crippen molar-refractivity contribution in [1.82, 2.24) is 9.80 Å². The molecule has 2 aliphatic rings. The Kier molecular flexibility index (Phi) is 4.69. The number of amides is 3. The molecule has 0 aliphatic carbocycles. The molecule has 178 valence electrons. The first-order valence-corrected chi connectivity index (χ1v) is 11.8. The Morgan fingerprint density at radius 1 is 0.611 bits per heavy atom. The number of carbonyl (C=O) groups excluding carboxylic acids is 3. The lowest BCUT2D eigenvalue weighted by Crippen LogP contribution is -2.24. The van der Waals surface area contributed by atoms with E-state index in [2.05, 4.69) is 0 Å². The van der Waals surface area contributed by atoms with Crippen LogP contribution in [-0.4, -0.2) is 46.7 Å². The van der Waals surface area contributed by atoms with Gasteiger partial charge in [0.15, 0.2) is 6.23 Å². The van der Waals surface area contributed by atoms with Gasteiger partial charge in [0.1, 0.15) is 0 Å². The van der Waals surface area contributed by atoms with E-state index < -0.39 is 6.23 Å². The summed E-state index contributed by atoms with van der Waals surface area (Å²) in [7, 11) is 3.11. The number of rotatable bonds is 2. The second kappa shape index (κ2) is 7.60. The third-order valence-corrected chi connectivity index (χ3v) is 7.58. The molecule has 0 radical (unpaired) electrons. The van der Waals surface area contributed by atoms with E-state index in [1.165, 1.54) is 16.8 Å². The van der Waals surface area contributed by atoms with Crippen LogP contribution in [0.4, 0.5) is 0 Å². The summed E-state index contributed by atoms with van der Waals surface area (Å²) < 4.78 is 0. The molecule has 6 heteroatoms. The highest BCUT2D eigenvalue weighted by atomic mass is 16.3. The topological polar surface area (TPSA) is 77.9 Å². The van der Waals surface area contributed by atoms with Crippen molar-refractivity contribution in [2.45, 2.75) is 20.1 Å². The number of benzene rings is 4.